The molecule has 17 heavy (non-hydrogen) atoms. The van der Waals surface area contributed by atoms with Gasteiger partial charge in [0.2, 0.25) is 5.91 Å². The van der Waals surface area contributed by atoms with Crippen molar-refractivity contribution in [3.05, 3.63) is 34.9 Å². The fourth-order valence-electron chi connectivity index (χ4n) is 2.24. The molecule has 0 spiro atoms. The normalized spacial score (nSPS) is 20.1. The molecule has 1 aliphatic heterocycles. The van der Waals surface area contributed by atoms with Gasteiger partial charge in [0.25, 0.3) is 0 Å². The third-order valence-electron chi connectivity index (χ3n) is 3.32. The van der Waals surface area contributed by atoms with Gasteiger partial charge in [-0.1, -0.05) is 23.8 Å². The van der Waals surface area contributed by atoms with E-state index in [1.807, 2.05) is 0 Å². The maximum absolute atomic E-state index is 11.6. The van der Waals surface area contributed by atoms with E-state index in [1.165, 1.54) is 16.7 Å². The molecule has 1 heterocycles. The molecule has 92 valence electrons. The monoisotopic (exact) mass is 232 g/mol. The van der Waals surface area contributed by atoms with Gasteiger partial charge in [-0.2, -0.15) is 0 Å². The second kappa shape index (κ2) is 5.32. The number of aryl methyl sites for hydroxylation is 2. The minimum Gasteiger partial charge on any atom is -0.355 e. The van der Waals surface area contributed by atoms with E-state index in [0.717, 1.165) is 25.9 Å². The van der Waals surface area contributed by atoms with Gasteiger partial charge < -0.3 is 10.6 Å². The highest BCUT2D eigenvalue weighted by atomic mass is 16.2. The van der Waals surface area contributed by atoms with Gasteiger partial charge in [0, 0.05) is 13.1 Å². The van der Waals surface area contributed by atoms with Gasteiger partial charge >= 0.3 is 0 Å². The first kappa shape index (κ1) is 12.1. The predicted octanol–water partition coefficient (Wildman–Crippen LogP) is 1.67. The minimum atomic E-state index is -0.0237. The number of nitrogens with one attached hydrogen (secondary N) is 2. The number of rotatable bonds is 3. The Balaban J connectivity index is 1.95. The molecule has 1 saturated heterocycles. The Bertz CT molecular complexity index is 415. The Morgan fingerprint density at radius 3 is 2.94 bits per heavy atom. The summed E-state index contributed by atoms with van der Waals surface area (Å²) in [4.78, 5) is 11.6. The highest BCUT2D eigenvalue weighted by Gasteiger charge is 2.20. The summed E-state index contributed by atoms with van der Waals surface area (Å²) in [6.45, 7) is 5.80. The molecule has 1 atom stereocenters. The van der Waals surface area contributed by atoms with Crippen molar-refractivity contribution in [3.8, 4) is 0 Å². The van der Waals surface area contributed by atoms with Gasteiger partial charge in [-0.05, 0) is 37.8 Å². The van der Waals surface area contributed by atoms with Gasteiger partial charge in [-0.3, -0.25) is 4.79 Å². The fraction of sp³-hybridized carbons (Fsp3) is 0.500. The van der Waals surface area contributed by atoms with Crippen LogP contribution >= 0.6 is 0 Å². The second-order valence-corrected chi connectivity index (χ2v) is 4.80. The zero-order valence-corrected chi connectivity index (χ0v) is 10.5. The van der Waals surface area contributed by atoms with Crippen molar-refractivity contribution in [2.75, 3.05) is 6.54 Å². The number of piperidine rings is 1. The van der Waals surface area contributed by atoms with E-state index >= 15 is 0 Å². The summed E-state index contributed by atoms with van der Waals surface area (Å²) in [5.74, 6) is 0.140. The van der Waals surface area contributed by atoms with Crippen molar-refractivity contribution in [3.63, 3.8) is 0 Å². The van der Waals surface area contributed by atoms with Crippen LogP contribution in [0.4, 0.5) is 0 Å². The summed E-state index contributed by atoms with van der Waals surface area (Å²) < 4.78 is 0. The van der Waals surface area contributed by atoms with Crippen molar-refractivity contribution in [1.29, 1.82) is 0 Å². The first-order valence-corrected chi connectivity index (χ1v) is 6.24. The minimum absolute atomic E-state index is 0.0237. The lowest BCUT2D eigenvalue weighted by Gasteiger charge is -2.23. The van der Waals surface area contributed by atoms with E-state index < -0.39 is 0 Å². The Hall–Kier alpha value is -1.35. The lowest BCUT2D eigenvalue weighted by Crippen LogP contribution is -2.47. The molecule has 0 radical (unpaired) electrons. The Morgan fingerprint density at radius 2 is 2.24 bits per heavy atom. The van der Waals surface area contributed by atoms with E-state index in [4.69, 9.17) is 0 Å². The Labute approximate surface area is 103 Å². The van der Waals surface area contributed by atoms with Crippen molar-refractivity contribution < 1.29 is 4.79 Å². The Morgan fingerprint density at radius 1 is 1.41 bits per heavy atom. The molecule has 1 aromatic rings. The average molecular weight is 232 g/mol. The number of carbonyl (C=O) groups is 1. The zero-order chi connectivity index (χ0) is 12.3. The van der Waals surface area contributed by atoms with Crippen LogP contribution in [-0.4, -0.2) is 18.5 Å². The van der Waals surface area contributed by atoms with E-state index in [1.54, 1.807) is 0 Å². The molecule has 2 rings (SSSR count). The number of hydrogen-bond donors (Lipinski definition) is 2. The molecule has 1 aliphatic rings. The van der Waals surface area contributed by atoms with E-state index in [0.29, 0.717) is 0 Å². The number of hydrogen-bond acceptors (Lipinski definition) is 2. The summed E-state index contributed by atoms with van der Waals surface area (Å²) in [5.41, 5.74) is 3.84. The van der Waals surface area contributed by atoms with Crippen LogP contribution in [0.1, 0.15) is 29.5 Å². The largest absolute Gasteiger partial charge is 0.355 e. The van der Waals surface area contributed by atoms with Crippen molar-refractivity contribution in [2.45, 2.75) is 39.3 Å². The van der Waals surface area contributed by atoms with Crippen LogP contribution in [0.25, 0.3) is 0 Å². The van der Waals surface area contributed by atoms with Gasteiger partial charge in [0.05, 0.1) is 6.04 Å². The molecular weight excluding hydrogens is 212 g/mol. The van der Waals surface area contributed by atoms with E-state index in [9.17, 15) is 4.79 Å². The van der Waals surface area contributed by atoms with Crippen LogP contribution in [0.15, 0.2) is 18.2 Å². The third-order valence-corrected chi connectivity index (χ3v) is 3.32. The lowest BCUT2D eigenvalue weighted by atomic mass is 10.0. The first-order chi connectivity index (χ1) is 8.16. The Kier molecular flexibility index (Phi) is 3.79. The predicted molar refractivity (Wildman–Crippen MR) is 68.8 cm³/mol. The van der Waals surface area contributed by atoms with Gasteiger partial charge in [-0.15, -0.1) is 0 Å². The number of carbonyl (C=O) groups excluding carboxylic acids is 1. The highest BCUT2D eigenvalue weighted by molar-refractivity contribution is 5.82. The summed E-state index contributed by atoms with van der Waals surface area (Å²) in [7, 11) is 0. The van der Waals surface area contributed by atoms with Crippen LogP contribution < -0.4 is 10.6 Å². The molecule has 0 saturated carbocycles. The van der Waals surface area contributed by atoms with Crippen molar-refractivity contribution in [1.82, 2.24) is 10.6 Å². The van der Waals surface area contributed by atoms with Crippen LogP contribution in [-0.2, 0) is 11.3 Å². The third kappa shape index (κ3) is 3.07. The summed E-state index contributed by atoms with van der Waals surface area (Å²) in [6, 6.07) is 6.41. The molecule has 1 unspecified atom stereocenters. The van der Waals surface area contributed by atoms with Gasteiger partial charge in [-0.25, -0.2) is 0 Å². The molecule has 1 aromatic carbocycles. The maximum atomic E-state index is 11.6. The molecule has 0 bridgehead atoms. The second-order valence-electron chi connectivity index (χ2n) is 4.80. The summed E-state index contributed by atoms with van der Waals surface area (Å²) >= 11 is 0. The fourth-order valence-corrected chi connectivity index (χ4v) is 2.24. The van der Waals surface area contributed by atoms with E-state index in [2.05, 4.69) is 42.7 Å². The van der Waals surface area contributed by atoms with Crippen LogP contribution in [0, 0.1) is 13.8 Å². The zero-order valence-electron chi connectivity index (χ0n) is 10.5. The van der Waals surface area contributed by atoms with Crippen molar-refractivity contribution >= 4 is 5.91 Å². The first-order valence-electron chi connectivity index (χ1n) is 6.24. The maximum Gasteiger partial charge on any atom is 0.237 e. The van der Waals surface area contributed by atoms with Gasteiger partial charge in [0.1, 0.15) is 0 Å². The molecule has 1 fully saturated rings. The molecule has 0 aliphatic carbocycles. The number of amides is 1. The highest BCUT2D eigenvalue weighted by Crippen LogP contribution is 2.11. The average Bonchev–Trinajstić information content (AvgIpc) is 2.30. The molecule has 3 heteroatoms. The van der Waals surface area contributed by atoms with Gasteiger partial charge in [0.15, 0.2) is 0 Å². The molecule has 1 amide bonds. The molecule has 3 nitrogen and oxygen atoms in total. The lowest BCUT2D eigenvalue weighted by molar-refractivity contribution is -0.124. The molecule has 2 N–H and O–H groups in total. The van der Waals surface area contributed by atoms with Crippen LogP contribution in [0.2, 0.25) is 0 Å². The topological polar surface area (TPSA) is 41.1 Å². The van der Waals surface area contributed by atoms with E-state index in [-0.39, 0.29) is 11.9 Å². The SMILES string of the molecule is Cc1ccc(CNC2CCCNC2=O)c(C)c1. The molecule has 0 aromatic heterocycles. The van der Waals surface area contributed by atoms with Crippen LogP contribution in [0.3, 0.4) is 0 Å². The quantitative estimate of drug-likeness (QED) is 0.832. The number of benzene rings is 1. The van der Waals surface area contributed by atoms with Crippen molar-refractivity contribution in [2.24, 2.45) is 0 Å². The summed E-state index contributed by atoms with van der Waals surface area (Å²) in [5, 5.41) is 6.23. The van der Waals surface area contributed by atoms with Crippen LogP contribution in [0.5, 0.6) is 0 Å². The summed E-state index contributed by atoms with van der Waals surface area (Å²) in [6.07, 6.45) is 2.01. The molecular formula is C14H20N2O. The standard InChI is InChI=1S/C14H20N2O/c1-10-5-6-12(11(2)8-10)9-16-13-4-3-7-15-14(13)17/h5-6,8,13,16H,3-4,7,9H2,1-2H3,(H,15,17). The smallest absolute Gasteiger partial charge is 0.237 e.